The van der Waals surface area contributed by atoms with Crippen molar-refractivity contribution in [3.63, 3.8) is 0 Å². The number of methoxy groups -OCH3 is 1. The largest absolute Gasteiger partial charge is 0.497 e. The monoisotopic (exact) mass is 351 g/mol. The molecule has 8 heteroatoms. The van der Waals surface area contributed by atoms with E-state index in [0.29, 0.717) is 6.61 Å². The van der Waals surface area contributed by atoms with Crippen LogP contribution in [0.5, 0.6) is 5.75 Å². The molecule has 1 aromatic rings. The molecule has 2 rings (SSSR count). The number of hydrogen-bond acceptors (Lipinski definition) is 6. The van der Waals surface area contributed by atoms with E-state index in [1.165, 1.54) is 0 Å². The molecular formula is C17H25N3O5. The molecule has 0 bridgehead atoms. The number of nitrogens with two attached hydrogens (primary N) is 1. The molecule has 0 saturated carbocycles. The van der Waals surface area contributed by atoms with Gasteiger partial charge in [-0.15, -0.1) is 0 Å². The van der Waals surface area contributed by atoms with Gasteiger partial charge in [0.05, 0.1) is 13.7 Å². The summed E-state index contributed by atoms with van der Waals surface area (Å²) < 4.78 is 16.8. The number of hydrazine groups is 1. The van der Waals surface area contributed by atoms with Crippen molar-refractivity contribution < 1.29 is 23.8 Å². The van der Waals surface area contributed by atoms with Gasteiger partial charge in [-0.05, 0) is 12.1 Å². The Kier molecular flexibility index (Phi) is 6.35. The van der Waals surface area contributed by atoms with Crippen molar-refractivity contribution in [3.05, 3.63) is 29.8 Å². The van der Waals surface area contributed by atoms with Gasteiger partial charge in [-0.25, -0.2) is 5.84 Å². The quantitative estimate of drug-likeness (QED) is 0.394. The van der Waals surface area contributed by atoms with Crippen LogP contribution in [0.1, 0.15) is 32.1 Å². The van der Waals surface area contributed by atoms with Crippen LogP contribution in [0.2, 0.25) is 0 Å². The van der Waals surface area contributed by atoms with E-state index in [1.807, 2.05) is 43.5 Å². The lowest BCUT2D eigenvalue weighted by atomic mass is 9.85. The maximum Gasteiger partial charge on any atom is 0.249 e. The molecule has 2 amide bonds. The Hall–Kier alpha value is -2.16. The topological polar surface area (TPSA) is 112 Å². The number of carbonyl (C=O) groups is 2. The van der Waals surface area contributed by atoms with Crippen molar-refractivity contribution in [3.8, 4) is 5.75 Å². The molecule has 1 aliphatic rings. The van der Waals surface area contributed by atoms with Gasteiger partial charge in [0.1, 0.15) is 11.9 Å². The predicted molar refractivity (Wildman–Crippen MR) is 90.3 cm³/mol. The van der Waals surface area contributed by atoms with Crippen LogP contribution in [-0.4, -0.2) is 38.2 Å². The van der Waals surface area contributed by atoms with Crippen LogP contribution in [0.25, 0.3) is 0 Å². The minimum absolute atomic E-state index is 0.105. The molecule has 1 fully saturated rings. The van der Waals surface area contributed by atoms with Gasteiger partial charge in [-0.3, -0.25) is 15.0 Å². The van der Waals surface area contributed by atoms with Crippen LogP contribution in [0.3, 0.4) is 0 Å². The Morgan fingerprint density at radius 3 is 2.60 bits per heavy atom. The smallest absolute Gasteiger partial charge is 0.249 e. The lowest BCUT2D eigenvalue weighted by Gasteiger charge is -2.41. The molecule has 0 radical (unpaired) electrons. The van der Waals surface area contributed by atoms with E-state index in [1.54, 1.807) is 7.11 Å². The molecule has 2 atom stereocenters. The number of hydrogen-bond donors (Lipinski definition) is 3. The highest BCUT2D eigenvalue weighted by Gasteiger charge is 2.43. The molecular weight excluding hydrogens is 326 g/mol. The van der Waals surface area contributed by atoms with Gasteiger partial charge in [-0.1, -0.05) is 26.0 Å². The van der Waals surface area contributed by atoms with Crippen LogP contribution in [0, 0.1) is 5.41 Å². The molecule has 1 heterocycles. The minimum atomic E-state index is -0.700. The molecule has 0 spiro atoms. The average Bonchev–Trinajstić information content (AvgIpc) is 2.61. The van der Waals surface area contributed by atoms with Crippen LogP contribution in [-0.2, 0) is 19.1 Å². The van der Waals surface area contributed by atoms with Gasteiger partial charge in [0.2, 0.25) is 11.8 Å². The number of rotatable bonds is 6. The first-order valence-electron chi connectivity index (χ1n) is 8.05. The second-order valence-electron chi connectivity index (χ2n) is 6.53. The summed E-state index contributed by atoms with van der Waals surface area (Å²) in [7, 11) is 1.59. The Bertz CT molecular complexity index is 603. The van der Waals surface area contributed by atoms with E-state index in [9.17, 15) is 9.59 Å². The Morgan fingerprint density at radius 2 is 2.00 bits per heavy atom. The normalized spacial score (nSPS) is 22.1. The third-order valence-electron chi connectivity index (χ3n) is 4.01. The van der Waals surface area contributed by atoms with E-state index in [0.717, 1.165) is 11.3 Å². The van der Waals surface area contributed by atoms with E-state index in [-0.39, 0.29) is 24.8 Å². The number of carbonyl (C=O) groups excluding carboxylic acids is 2. The number of nitrogens with one attached hydrogen (secondary N) is 2. The van der Waals surface area contributed by atoms with Crippen molar-refractivity contribution in [1.29, 1.82) is 0 Å². The highest BCUT2D eigenvalue weighted by atomic mass is 16.7. The second-order valence-corrected chi connectivity index (χ2v) is 6.53. The van der Waals surface area contributed by atoms with Crippen LogP contribution >= 0.6 is 0 Å². The van der Waals surface area contributed by atoms with Crippen molar-refractivity contribution in [2.45, 2.75) is 32.7 Å². The molecule has 138 valence electrons. The maximum atomic E-state index is 12.5. The lowest BCUT2D eigenvalue weighted by molar-refractivity contribution is -0.258. The fourth-order valence-electron chi connectivity index (χ4n) is 2.53. The van der Waals surface area contributed by atoms with Gasteiger partial charge < -0.3 is 19.5 Å². The molecule has 1 aliphatic heterocycles. The van der Waals surface area contributed by atoms with Crippen molar-refractivity contribution in [2.75, 3.05) is 20.3 Å². The SMILES string of the molecule is COc1ccc(C2OCC(C)(C)[C@H](C(=O)NCCC(=O)NN)O2)cc1. The fraction of sp³-hybridized carbons (Fsp3) is 0.529. The van der Waals surface area contributed by atoms with E-state index in [2.05, 4.69) is 5.32 Å². The Morgan fingerprint density at radius 1 is 1.32 bits per heavy atom. The van der Waals surface area contributed by atoms with Gasteiger partial charge in [0, 0.05) is 23.9 Å². The van der Waals surface area contributed by atoms with Crippen molar-refractivity contribution in [2.24, 2.45) is 11.3 Å². The third kappa shape index (κ3) is 4.91. The molecule has 0 aromatic heterocycles. The summed E-state index contributed by atoms with van der Waals surface area (Å²) in [6.45, 7) is 4.35. The number of amides is 2. The summed E-state index contributed by atoms with van der Waals surface area (Å²) >= 11 is 0. The summed E-state index contributed by atoms with van der Waals surface area (Å²) in [5.41, 5.74) is 2.33. The summed E-state index contributed by atoms with van der Waals surface area (Å²) in [6.07, 6.45) is -1.23. The number of ether oxygens (including phenoxy) is 3. The first-order valence-corrected chi connectivity index (χ1v) is 8.05. The van der Waals surface area contributed by atoms with Crippen LogP contribution in [0.4, 0.5) is 0 Å². The maximum absolute atomic E-state index is 12.5. The zero-order valence-electron chi connectivity index (χ0n) is 14.7. The first-order chi connectivity index (χ1) is 11.9. The molecule has 0 aliphatic carbocycles. The van der Waals surface area contributed by atoms with E-state index >= 15 is 0 Å². The molecule has 8 nitrogen and oxygen atoms in total. The first kappa shape index (κ1) is 19.2. The average molecular weight is 351 g/mol. The van der Waals surface area contributed by atoms with E-state index in [4.69, 9.17) is 20.1 Å². The third-order valence-corrected chi connectivity index (χ3v) is 4.01. The van der Waals surface area contributed by atoms with Crippen LogP contribution < -0.4 is 21.3 Å². The predicted octanol–water partition coefficient (Wildman–Crippen LogP) is 0.632. The highest BCUT2D eigenvalue weighted by molar-refractivity contribution is 5.82. The fourth-order valence-corrected chi connectivity index (χ4v) is 2.53. The summed E-state index contributed by atoms with van der Waals surface area (Å²) in [5.74, 6) is 5.12. The summed E-state index contributed by atoms with van der Waals surface area (Å²) in [5, 5.41) is 2.71. The van der Waals surface area contributed by atoms with Crippen LogP contribution in [0.15, 0.2) is 24.3 Å². The standard InChI is InChI=1S/C17H25N3O5/c1-17(2)10-24-16(11-4-6-12(23-3)7-5-11)25-14(17)15(22)19-9-8-13(21)20-18/h4-7,14,16H,8-10,18H2,1-3H3,(H,19,22)(H,20,21)/t14-,16?/m0/s1. The van der Waals surface area contributed by atoms with Gasteiger partial charge in [-0.2, -0.15) is 0 Å². The molecule has 1 unspecified atom stereocenters. The summed E-state index contributed by atoms with van der Waals surface area (Å²) in [6, 6.07) is 7.29. The van der Waals surface area contributed by atoms with Crippen molar-refractivity contribution >= 4 is 11.8 Å². The molecule has 4 N–H and O–H groups in total. The molecule has 1 aromatic carbocycles. The molecule has 1 saturated heterocycles. The number of benzene rings is 1. The summed E-state index contributed by atoms with van der Waals surface area (Å²) in [4.78, 5) is 23.6. The Balaban J connectivity index is 2.01. The van der Waals surface area contributed by atoms with Gasteiger partial charge in [0.25, 0.3) is 0 Å². The van der Waals surface area contributed by atoms with Crippen molar-refractivity contribution in [1.82, 2.24) is 10.7 Å². The zero-order valence-corrected chi connectivity index (χ0v) is 14.7. The Labute approximate surface area is 147 Å². The van der Waals surface area contributed by atoms with Gasteiger partial charge >= 0.3 is 0 Å². The minimum Gasteiger partial charge on any atom is -0.497 e. The second kappa shape index (κ2) is 8.28. The lowest BCUT2D eigenvalue weighted by Crippen LogP contribution is -2.52. The van der Waals surface area contributed by atoms with E-state index < -0.39 is 17.8 Å². The highest BCUT2D eigenvalue weighted by Crippen LogP contribution is 2.36. The zero-order chi connectivity index (χ0) is 18.4. The van der Waals surface area contributed by atoms with Gasteiger partial charge in [0.15, 0.2) is 6.29 Å². The molecule has 25 heavy (non-hydrogen) atoms.